The Balaban J connectivity index is 2.03. The SMILES string of the molecule is CC(C)c1nnc([C@@H](C)NC(=O)c2ccn(C(F)F)n2)o1. The van der Waals surface area contributed by atoms with Gasteiger partial charge in [-0.1, -0.05) is 13.8 Å². The lowest BCUT2D eigenvalue weighted by molar-refractivity contribution is 0.0559. The minimum atomic E-state index is -2.78. The Labute approximate surface area is 119 Å². The van der Waals surface area contributed by atoms with Crippen LogP contribution in [0.25, 0.3) is 0 Å². The lowest BCUT2D eigenvalue weighted by Gasteiger charge is -2.08. The molecule has 114 valence electrons. The third-order valence-electron chi connectivity index (χ3n) is 2.71. The molecule has 0 spiro atoms. The van der Waals surface area contributed by atoms with Crippen molar-refractivity contribution in [2.24, 2.45) is 0 Å². The van der Waals surface area contributed by atoms with Crippen molar-refractivity contribution in [2.45, 2.75) is 39.3 Å². The molecule has 2 heterocycles. The topological polar surface area (TPSA) is 85.8 Å². The van der Waals surface area contributed by atoms with E-state index in [1.807, 2.05) is 13.8 Å². The number of carbonyl (C=O) groups excluding carboxylic acids is 1. The van der Waals surface area contributed by atoms with E-state index in [1.165, 1.54) is 6.07 Å². The first kappa shape index (κ1) is 15.1. The number of hydrogen-bond donors (Lipinski definition) is 1. The number of nitrogens with one attached hydrogen (secondary N) is 1. The number of aromatic nitrogens is 4. The van der Waals surface area contributed by atoms with E-state index in [-0.39, 0.29) is 17.5 Å². The summed E-state index contributed by atoms with van der Waals surface area (Å²) in [5.41, 5.74) is -0.106. The second-order valence-electron chi connectivity index (χ2n) is 4.79. The van der Waals surface area contributed by atoms with Gasteiger partial charge in [0.1, 0.15) is 11.7 Å². The normalized spacial score (nSPS) is 12.9. The molecule has 0 saturated carbocycles. The average Bonchev–Trinajstić information content (AvgIpc) is 3.08. The highest BCUT2D eigenvalue weighted by Gasteiger charge is 2.20. The minimum Gasteiger partial charge on any atom is -0.423 e. The maximum atomic E-state index is 12.4. The second-order valence-corrected chi connectivity index (χ2v) is 4.79. The lowest BCUT2D eigenvalue weighted by Crippen LogP contribution is -2.27. The highest BCUT2D eigenvalue weighted by molar-refractivity contribution is 5.92. The fourth-order valence-electron chi connectivity index (χ4n) is 1.55. The van der Waals surface area contributed by atoms with Crippen LogP contribution in [0.4, 0.5) is 8.78 Å². The van der Waals surface area contributed by atoms with Gasteiger partial charge in [-0.2, -0.15) is 13.9 Å². The molecule has 0 saturated heterocycles. The molecule has 2 rings (SSSR count). The molecular weight excluding hydrogens is 284 g/mol. The minimum absolute atomic E-state index is 0.0795. The van der Waals surface area contributed by atoms with Gasteiger partial charge in [-0.15, -0.1) is 10.2 Å². The van der Waals surface area contributed by atoms with Crippen LogP contribution in [-0.2, 0) is 0 Å². The molecule has 0 bridgehead atoms. The molecule has 7 nitrogen and oxygen atoms in total. The smallest absolute Gasteiger partial charge is 0.333 e. The Morgan fingerprint density at radius 2 is 1.95 bits per heavy atom. The van der Waals surface area contributed by atoms with Crippen LogP contribution < -0.4 is 5.32 Å². The number of alkyl halides is 2. The van der Waals surface area contributed by atoms with Crippen molar-refractivity contribution in [3.63, 3.8) is 0 Å². The Morgan fingerprint density at radius 1 is 1.29 bits per heavy atom. The zero-order chi connectivity index (χ0) is 15.6. The van der Waals surface area contributed by atoms with Gasteiger partial charge in [0.05, 0.1) is 0 Å². The van der Waals surface area contributed by atoms with Crippen molar-refractivity contribution >= 4 is 5.91 Å². The maximum Gasteiger partial charge on any atom is 0.333 e. The molecule has 1 atom stereocenters. The molecule has 0 fully saturated rings. The quantitative estimate of drug-likeness (QED) is 0.915. The molecule has 9 heteroatoms. The van der Waals surface area contributed by atoms with Crippen LogP contribution in [0, 0.1) is 0 Å². The first-order valence-corrected chi connectivity index (χ1v) is 6.36. The summed E-state index contributed by atoms with van der Waals surface area (Å²) in [5, 5.41) is 13.7. The number of hydrogen-bond acceptors (Lipinski definition) is 5. The molecule has 0 unspecified atom stereocenters. The summed E-state index contributed by atoms with van der Waals surface area (Å²) in [4.78, 5) is 11.9. The van der Waals surface area contributed by atoms with Crippen LogP contribution in [-0.4, -0.2) is 25.9 Å². The van der Waals surface area contributed by atoms with Gasteiger partial charge in [-0.05, 0) is 13.0 Å². The number of nitrogens with zero attached hydrogens (tertiary/aromatic N) is 4. The monoisotopic (exact) mass is 299 g/mol. The van der Waals surface area contributed by atoms with E-state index < -0.39 is 18.5 Å². The van der Waals surface area contributed by atoms with E-state index in [0.29, 0.717) is 10.6 Å². The second kappa shape index (κ2) is 5.98. The van der Waals surface area contributed by atoms with E-state index in [1.54, 1.807) is 6.92 Å². The molecule has 2 aromatic rings. The largest absolute Gasteiger partial charge is 0.423 e. The summed E-state index contributed by atoms with van der Waals surface area (Å²) in [5.74, 6) is 0.204. The molecule has 0 aromatic carbocycles. The van der Waals surface area contributed by atoms with Crippen molar-refractivity contribution < 1.29 is 18.0 Å². The molecule has 0 aliphatic rings. The van der Waals surface area contributed by atoms with Crippen molar-refractivity contribution in [3.8, 4) is 0 Å². The zero-order valence-electron chi connectivity index (χ0n) is 11.7. The molecule has 21 heavy (non-hydrogen) atoms. The fraction of sp³-hybridized carbons (Fsp3) is 0.500. The molecule has 2 aromatic heterocycles. The Hall–Kier alpha value is -2.32. The molecule has 1 N–H and O–H groups in total. The van der Waals surface area contributed by atoms with Gasteiger partial charge in [0, 0.05) is 12.1 Å². The van der Waals surface area contributed by atoms with E-state index in [2.05, 4.69) is 20.6 Å². The van der Waals surface area contributed by atoms with Gasteiger partial charge in [0.25, 0.3) is 5.91 Å². The van der Waals surface area contributed by atoms with Crippen LogP contribution in [0.15, 0.2) is 16.7 Å². The van der Waals surface area contributed by atoms with Gasteiger partial charge >= 0.3 is 6.55 Å². The summed E-state index contributed by atoms with van der Waals surface area (Å²) >= 11 is 0. The predicted molar refractivity (Wildman–Crippen MR) is 67.7 cm³/mol. The van der Waals surface area contributed by atoms with Crippen LogP contribution in [0.2, 0.25) is 0 Å². The van der Waals surface area contributed by atoms with Crippen molar-refractivity contribution in [1.82, 2.24) is 25.3 Å². The molecule has 0 radical (unpaired) electrons. The number of amides is 1. The number of carbonyl (C=O) groups is 1. The summed E-state index contributed by atoms with van der Waals surface area (Å²) in [7, 11) is 0. The van der Waals surface area contributed by atoms with E-state index >= 15 is 0 Å². The zero-order valence-corrected chi connectivity index (χ0v) is 11.7. The summed E-state index contributed by atoms with van der Waals surface area (Å²) in [6, 6.07) is 0.663. The van der Waals surface area contributed by atoms with E-state index in [0.717, 1.165) is 6.20 Å². The Kier molecular flexibility index (Phi) is 4.29. The summed E-state index contributed by atoms with van der Waals surface area (Å²) < 4.78 is 30.6. The van der Waals surface area contributed by atoms with Crippen LogP contribution in [0.5, 0.6) is 0 Å². The van der Waals surface area contributed by atoms with E-state index in [4.69, 9.17) is 4.42 Å². The standard InChI is InChI=1S/C12H15F2N5O2/c1-6(2)10-16-17-11(21-10)7(3)15-9(20)8-4-5-19(18-8)12(13)14/h4-7,12H,1-3H3,(H,15,20)/t7-/m1/s1. The summed E-state index contributed by atoms with van der Waals surface area (Å²) in [6.45, 7) is 2.67. The fourth-order valence-corrected chi connectivity index (χ4v) is 1.55. The Morgan fingerprint density at radius 3 is 2.48 bits per heavy atom. The van der Waals surface area contributed by atoms with Gasteiger partial charge in [0.2, 0.25) is 11.8 Å². The molecular formula is C12H15F2N5O2. The van der Waals surface area contributed by atoms with Crippen LogP contribution in [0.3, 0.4) is 0 Å². The van der Waals surface area contributed by atoms with Crippen LogP contribution >= 0.6 is 0 Å². The van der Waals surface area contributed by atoms with Crippen LogP contribution in [0.1, 0.15) is 61.6 Å². The van der Waals surface area contributed by atoms with Crippen molar-refractivity contribution in [3.05, 3.63) is 29.7 Å². The highest BCUT2D eigenvalue weighted by Crippen LogP contribution is 2.17. The molecule has 0 aliphatic heterocycles. The summed E-state index contributed by atoms with van der Waals surface area (Å²) in [6.07, 6.45) is 1.04. The third kappa shape index (κ3) is 3.41. The van der Waals surface area contributed by atoms with Gasteiger partial charge in [0.15, 0.2) is 0 Å². The van der Waals surface area contributed by atoms with Crippen molar-refractivity contribution in [2.75, 3.05) is 0 Å². The van der Waals surface area contributed by atoms with Crippen molar-refractivity contribution in [1.29, 1.82) is 0 Å². The average molecular weight is 299 g/mol. The van der Waals surface area contributed by atoms with Gasteiger partial charge in [-0.25, -0.2) is 4.68 Å². The first-order valence-electron chi connectivity index (χ1n) is 6.36. The molecule has 0 aliphatic carbocycles. The number of rotatable bonds is 5. The third-order valence-corrected chi connectivity index (χ3v) is 2.71. The van der Waals surface area contributed by atoms with Gasteiger partial charge in [-0.3, -0.25) is 4.79 Å². The first-order chi connectivity index (χ1) is 9.88. The highest BCUT2D eigenvalue weighted by atomic mass is 19.3. The predicted octanol–water partition coefficient (Wildman–Crippen LogP) is 2.28. The lowest BCUT2D eigenvalue weighted by atomic mass is 10.2. The number of halogens is 2. The van der Waals surface area contributed by atoms with E-state index in [9.17, 15) is 13.6 Å². The Bertz CT molecular complexity index is 623. The molecule has 1 amide bonds. The van der Waals surface area contributed by atoms with Gasteiger partial charge < -0.3 is 9.73 Å². The maximum absolute atomic E-state index is 12.4.